The number of rotatable bonds is 2. The third kappa shape index (κ3) is 1.38. The van der Waals surface area contributed by atoms with Gasteiger partial charge in [0.05, 0.1) is 11.9 Å². The molecule has 3 nitrogen and oxygen atoms in total. The average Bonchev–Trinajstić information content (AvgIpc) is 2.49. The van der Waals surface area contributed by atoms with Crippen LogP contribution in [0.25, 0.3) is 11.0 Å². The van der Waals surface area contributed by atoms with Crippen molar-refractivity contribution in [2.45, 2.75) is 6.54 Å². The SMILES string of the molecule is CNCc1cc2c(O)cccc2o1. The van der Waals surface area contributed by atoms with Gasteiger partial charge in [-0.25, -0.2) is 0 Å². The van der Waals surface area contributed by atoms with Crippen molar-refractivity contribution in [3.63, 3.8) is 0 Å². The van der Waals surface area contributed by atoms with Gasteiger partial charge in [0.15, 0.2) is 0 Å². The van der Waals surface area contributed by atoms with Gasteiger partial charge in [-0.05, 0) is 25.2 Å². The highest BCUT2D eigenvalue weighted by Crippen LogP contribution is 2.27. The summed E-state index contributed by atoms with van der Waals surface area (Å²) in [6.07, 6.45) is 0. The molecular weight excluding hydrogens is 166 g/mol. The molecule has 3 heteroatoms. The fourth-order valence-electron chi connectivity index (χ4n) is 1.36. The molecule has 0 fully saturated rings. The normalized spacial score (nSPS) is 10.8. The first-order valence-electron chi connectivity index (χ1n) is 4.16. The lowest BCUT2D eigenvalue weighted by Crippen LogP contribution is -2.03. The molecule has 0 saturated carbocycles. The molecule has 0 amide bonds. The van der Waals surface area contributed by atoms with Crippen molar-refractivity contribution in [1.82, 2.24) is 5.32 Å². The number of furan rings is 1. The van der Waals surface area contributed by atoms with E-state index in [1.165, 1.54) is 0 Å². The summed E-state index contributed by atoms with van der Waals surface area (Å²) in [6, 6.07) is 7.11. The topological polar surface area (TPSA) is 45.4 Å². The van der Waals surface area contributed by atoms with E-state index in [-0.39, 0.29) is 5.75 Å². The van der Waals surface area contributed by atoms with Crippen LogP contribution >= 0.6 is 0 Å². The molecule has 0 aliphatic carbocycles. The Balaban J connectivity index is 2.55. The third-order valence-electron chi connectivity index (χ3n) is 1.94. The highest BCUT2D eigenvalue weighted by atomic mass is 16.3. The van der Waals surface area contributed by atoms with E-state index >= 15 is 0 Å². The van der Waals surface area contributed by atoms with Crippen LogP contribution < -0.4 is 5.32 Å². The Kier molecular flexibility index (Phi) is 1.94. The zero-order chi connectivity index (χ0) is 9.26. The third-order valence-corrected chi connectivity index (χ3v) is 1.94. The summed E-state index contributed by atoms with van der Waals surface area (Å²) in [4.78, 5) is 0. The molecule has 1 aromatic carbocycles. The molecule has 0 spiro atoms. The molecule has 0 aliphatic rings. The summed E-state index contributed by atoms with van der Waals surface area (Å²) in [5, 5.41) is 13.2. The van der Waals surface area contributed by atoms with Crippen LogP contribution in [0.3, 0.4) is 0 Å². The van der Waals surface area contributed by atoms with E-state index in [0.29, 0.717) is 6.54 Å². The van der Waals surface area contributed by atoms with Crippen molar-refractivity contribution in [1.29, 1.82) is 0 Å². The van der Waals surface area contributed by atoms with Gasteiger partial charge in [-0.1, -0.05) is 6.07 Å². The second kappa shape index (κ2) is 3.11. The first-order valence-corrected chi connectivity index (χ1v) is 4.16. The van der Waals surface area contributed by atoms with Crippen LogP contribution in [0, 0.1) is 0 Å². The Morgan fingerprint density at radius 1 is 1.46 bits per heavy atom. The standard InChI is InChI=1S/C10H11NO2/c1-11-6-7-5-8-9(12)3-2-4-10(8)13-7/h2-5,11-12H,6H2,1H3. The smallest absolute Gasteiger partial charge is 0.138 e. The number of benzene rings is 1. The monoisotopic (exact) mass is 177 g/mol. The maximum atomic E-state index is 9.47. The Labute approximate surface area is 76.0 Å². The summed E-state index contributed by atoms with van der Waals surface area (Å²) in [6.45, 7) is 0.675. The van der Waals surface area contributed by atoms with E-state index in [4.69, 9.17) is 4.42 Å². The lowest BCUT2D eigenvalue weighted by Gasteiger charge is -1.90. The largest absolute Gasteiger partial charge is 0.507 e. The molecule has 13 heavy (non-hydrogen) atoms. The van der Waals surface area contributed by atoms with E-state index in [1.807, 2.05) is 19.2 Å². The van der Waals surface area contributed by atoms with Crippen molar-refractivity contribution >= 4 is 11.0 Å². The minimum Gasteiger partial charge on any atom is -0.507 e. The van der Waals surface area contributed by atoms with Crippen molar-refractivity contribution in [3.8, 4) is 5.75 Å². The Morgan fingerprint density at radius 3 is 3.00 bits per heavy atom. The molecule has 0 bridgehead atoms. The molecule has 2 N–H and O–H groups in total. The highest BCUT2D eigenvalue weighted by Gasteiger charge is 2.05. The Bertz CT molecular complexity index is 420. The van der Waals surface area contributed by atoms with Gasteiger partial charge >= 0.3 is 0 Å². The summed E-state index contributed by atoms with van der Waals surface area (Å²) < 4.78 is 5.47. The molecule has 2 aromatic rings. The minimum atomic E-state index is 0.267. The maximum absolute atomic E-state index is 9.47. The molecule has 68 valence electrons. The summed E-state index contributed by atoms with van der Waals surface area (Å²) in [5.41, 5.74) is 0.727. The fraction of sp³-hybridized carbons (Fsp3) is 0.200. The predicted octanol–water partition coefficient (Wildman–Crippen LogP) is 1.86. The number of nitrogens with one attached hydrogen (secondary N) is 1. The van der Waals surface area contributed by atoms with Crippen molar-refractivity contribution in [2.24, 2.45) is 0 Å². The van der Waals surface area contributed by atoms with Gasteiger partial charge < -0.3 is 14.8 Å². The van der Waals surface area contributed by atoms with E-state index in [2.05, 4.69) is 5.32 Å². The van der Waals surface area contributed by atoms with Crippen molar-refractivity contribution < 1.29 is 9.52 Å². The van der Waals surface area contributed by atoms with Crippen LogP contribution in [-0.4, -0.2) is 12.2 Å². The van der Waals surface area contributed by atoms with Crippen molar-refractivity contribution in [2.75, 3.05) is 7.05 Å². The van der Waals surface area contributed by atoms with E-state index in [9.17, 15) is 5.11 Å². The zero-order valence-electron chi connectivity index (χ0n) is 7.37. The molecule has 2 rings (SSSR count). The predicted molar refractivity (Wildman–Crippen MR) is 50.6 cm³/mol. The van der Waals surface area contributed by atoms with E-state index in [1.54, 1.807) is 12.1 Å². The van der Waals surface area contributed by atoms with Gasteiger partial charge in [-0.15, -0.1) is 0 Å². The molecule has 0 atom stereocenters. The number of fused-ring (bicyclic) bond motifs is 1. The molecule has 1 heterocycles. The first kappa shape index (κ1) is 8.13. The summed E-state index contributed by atoms with van der Waals surface area (Å²) >= 11 is 0. The van der Waals surface area contributed by atoms with E-state index in [0.717, 1.165) is 16.7 Å². The van der Waals surface area contributed by atoms with Gasteiger partial charge in [0, 0.05) is 0 Å². The van der Waals surface area contributed by atoms with Gasteiger partial charge in [-0.3, -0.25) is 0 Å². The highest BCUT2D eigenvalue weighted by molar-refractivity contribution is 5.84. The number of hydrogen-bond acceptors (Lipinski definition) is 3. The van der Waals surface area contributed by atoms with Crippen LogP contribution in [0.15, 0.2) is 28.7 Å². The Morgan fingerprint density at radius 2 is 2.31 bits per heavy atom. The number of phenols is 1. The zero-order valence-corrected chi connectivity index (χ0v) is 7.37. The van der Waals surface area contributed by atoms with Gasteiger partial charge in [-0.2, -0.15) is 0 Å². The lowest BCUT2D eigenvalue weighted by atomic mass is 10.2. The lowest BCUT2D eigenvalue weighted by molar-refractivity contribution is 0.481. The van der Waals surface area contributed by atoms with Crippen LogP contribution in [-0.2, 0) is 6.54 Å². The molecule has 0 saturated heterocycles. The quantitative estimate of drug-likeness (QED) is 0.735. The summed E-state index contributed by atoms with van der Waals surface area (Å²) in [7, 11) is 1.85. The molecule has 1 aromatic heterocycles. The summed E-state index contributed by atoms with van der Waals surface area (Å²) in [5.74, 6) is 1.10. The van der Waals surface area contributed by atoms with Crippen molar-refractivity contribution in [3.05, 3.63) is 30.0 Å². The maximum Gasteiger partial charge on any atom is 0.138 e. The van der Waals surface area contributed by atoms with Gasteiger partial charge in [0.2, 0.25) is 0 Å². The first-order chi connectivity index (χ1) is 6.31. The number of hydrogen-bond donors (Lipinski definition) is 2. The molecule has 0 unspecified atom stereocenters. The van der Waals surface area contributed by atoms with Gasteiger partial charge in [0.25, 0.3) is 0 Å². The van der Waals surface area contributed by atoms with Crippen LogP contribution in [0.1, 0.15) is 5.76 Å². The molecule has 0 radical (unpaired) electrons. The fourth-order valence-corrected chi connectivity index (χ4v) is 1.36. The van der Waals surface area contributed by atoms with Gasteiger partial charge in [0.1, 0.15) is 17.1 Å². The second-order valence-corrected chi connectivity index (χ2v) is 2.93. The van der Waals surface area contributed by atoms with Crippen LogP contribution in [0.2, 0.25) is 0 Å². The average molecular weight is 177 g/mol. The number of aromatic hydroxyl groups is 1. The number of phenolic OH excluding ortho intramolecular Hbond substituents is 1. The molecule has 0 aliphatic heterocycles. The second-order valence-electron chi connectivity index (χ2n) is 2.93. The molecular formula is C10H11NO2. The Hall–Kier alpha value is -1.48. The van der Waals surface area contributed by atoms with Crippen LogP contribution in [0.4, 0.5) is 0 Å². The van der Waals surface area contributed by atoms with Crippen LogP contribution in [0.5, 0.6) is 5.75 Å². The minimum absolute atomic E-state index is 0.267. The van der Waals surface area contributed by atoms with E-state index < -0.39 is 0 Å².